The molecule has 17 heavy (non-hydrogen) atoms. The monoisotopic (exact) mass is 256 g/mol. The smallest absolute Gasteiger partial charge is 0.123 e. The molecule has 96 valence electrons. The predicted octanol–water partition coefficient (Wildman–Crippen LogP) is 2.71. The summed E-state index contributed by atoms with van der Waals surface area (Å²) in [7, 11) is 3.33. The molecule has 1 rings (SSSR count). The van der Waals surface area contributed by atoms with Crippen molar-refractivity contribution in [3.8, 4) is 11.5 Å². The van der Waals surface area contributed by atoms with Crippen LogP contribution in [0.25, 0.3) is 0 Å². The molecule has 3 nitrogen and oxygen atoms in total. The van der Waals surface area contributed by atoms with Gasteiger partial charge in [-0.25, -0.2) is 0 Å². The van der Waals surface area contributed by atoms with E-state index >= 15 is 0 Å². The summed E-state index contributed by atoms with van der Waals surface area (Å²) in [5, 5.41) is 9.30. The highest BCUT2D eigenvalue weighted by atomic mass is 32.2. The SMILES string of the molecule is COc1ccc(OC)c(CSC(C)CCO)c1. The van der Waals surface area contributed by atoms with Gasteiger partial charge in [0.2, 0.25) is 0 Å². The molecule has 0 radical (unpaired) electrons. The Morgan fingerprint density at radius 2 is 2.06 bits per heavy atom. The molecule has 1 aromatic carbocycles. The minimum absolute atomic E-state index is 0.239. The Labute approximate surface area is 107 Å². The zero-order valence-corrected chi connectivity index (χ0v) is 11.4. The zero-order chi connectivity index (χ0) is 12.7. The first-order chi connectivity index (χ1) is 8.21. The Morgan fingerprint density at radius 1 is 1.29 bits per heavy atom. The molecule has 0 amide bonds. The second-order valence-electron chi connectivity index (χ2n) is 3.81. The summed E-state index contributed by atoms with van der Waals surface area (Å²) in [6.45, 7) is 2.36. The first kappa shape index (κ1) is 14.2. The molecule has 0 saturated heterocycles. The summed E-state index contributed by atoms with van der Waals surface area (Å²) >= 11 is 1.81. The Hall–Kier alpha value is -0.870. The highest BCUT2D eigenvalue weighted by Gasteiger charge is 2.08. The van der Waals surface area contributed by atoms with E-state index in [0.717, 1.165) is 29.2 Å². The molecule has 0 bridgehead atoms. The van der Waals surface area contributed by atoms with Crippen molar-refractivity contribution in [2.75, 3.05) is 20.8 Å². The number of ether oxygens (including phenoxy) is 2. The van der Waals surface area contributed by atoms with Crippen LogP contribution in [-0.4, -0.2) is 31.2 Å². The van der Waals surface area contributed by atoms with E-state index in [1.54, 1.807) is 14.2 Å². The lowest BCUT2D eigenvalue weighted by Crippen LogP contribution is -2.01. The fraction of sp³-hybridized carbons (Fsp3) is 0.538. The van der Waals surface area contributed by atoms with Gasteiger partial charge in [-0.05, 0) is 24.6 Å². The number of hydrogen-bond donors (Lipinski definition) is 1. The van der Waals surface area contributed by atoms with E-state index in [2.05, 4.69) is 6.92 Å². The summed E-state index contributed by atoms with van der Waals surface area (Å²) in [6.07, 6.45) is 0.816. The Morgan fingerprint density at radius 3 is 2.65 bits per heavy atom. The maximum atomic E-state index is 8.86. The van der Waals surface area contributed by atoms with E-state index in [1.807, 2.05) is 30.0 Å². The molecule has 1 aromatic rings. The van der Waals surface area contributed by atoms with Crippen LogP contribution in [0.4, 0.5) is 0 Å². The molecule has 0 heterocycles. The normalized spacial score (nSPS) is 12.2. The third-order valence-electron chi connectivity index (χ3n) is 2.55. The van der Waals surface area contributed by atoms with Crippen molar-refractivity contribution in [3.63, 3.8) is 0 Å². The summed E-state index contributed by atoms with van der Waals surface area (Å²) in [5.74, 6) is 2.59. The Balaban J connectivity index is 2.67. The van der Waals surface area contributed by atoms with Crippen LogP contribution in [0.15, 0.2) is 18.2 Å². The average molecular weight is 256 g/mol. The number of rotatable bonds is 7. The van der Waals surface area contributed by atoms with Gasteiger partial charge in [0.1, 0.15) is 11.5 Å². The molecule has 0 aliphatic carbocycles. The fourth-order valence-electron chi connectivity index (χ4n) is 1.49. The lowest BCUT2D eigenvalue weighted by Gasteiger charge is -2.13. The quantitative estimate of drug-likeness (QED) is 0.814. The van der Waals surface area contributed by atoms with Crippen molar-refractivity contribution in [1.29, 1.82) is 0 Å². The Kier molecular flexibility index (Phi) is 6.22. The standard InChI is InChI=1S/C13H20O3S/c1-10(6-7-14)17-9-11-8-12(15-2)4-5-13(11)16-3/h4-5,8,10,14H,6-7,9H2,1-3H3. The fourth-order valence-corrected chi connectivity index (χ4v) is 2.45. The van der Waals surface area contributed by atoms with E-state index in [9.17, 15) is 0 Å². The topological polar surface area (TPSA) is 38.7 Å². The van der Waals surface area contributed by atoms with Gasteiger partial charge in [-0.1, -0.05) is 6.92 Å². The van der Waals surface area contributed by atoms with Crippen molar-refractivity contribution < 1.29 is 14.6 Å². The van der Waals surface area contributed by atoms with Crippen LogP contribution in [-0.2, 0) is 5.75 Å². The lowest BCUT2D eigenvalue weighted by atomic mass is 10.2. The maximum absolute atomic E-state index is 8.86. The van der Waals surface area contributed by atoms with Crippen molar-refractivity contribution in [1.82, 2.24) is 0 Å². The summed E-state index contributed by atoms with van der Waals surface area (Å²) < 4.78 is 10.5. The highest BCUT2D eigenvalue weighted by molar-refractivity contribution is 7.99. The van der Waals surface area contributed by atoms with Crippen LogP contribution in [0.2, 0.25) is 0 Å². The average Bonchev–Trinajstić information content (AvgIpc) is 2.36. The summed E-state index contributed by atoms with van der Waals surface area (Å²) in [4.78, 5) is 0. The van der Waals surface area contributed by atoms with Gasteiger partial charge in [0.05, 0.1) is 14.2 Å². The molecule has 0 aromatic heterocycles. The van der Waals surface area contributed by atoms with Crippen molar-refractivity contribution in [2.45, 2.75) is 24.3 Å². The van der Waals surface area contributed by atoms with Gasteiger partial charge in [-0.15, -0.1) is 0 Å². The van der Waals surface area contributed by atoms with Gasteiger partial charge >= 0.3 is 0 Å². The largest absolute Gasteiger partial charge is 0.497 e. The lowest BCUT2D eigenvalue weighted by molar-refractivity contribution is 0.289. The number of aliphatic hydroxyl groups excluding tert-OH is 1. The molecule has 4 heteroatoms. The number of thioether (sulfide) groups is 1. The van der Waals surface area contributed by atoms with Gasteiger partial charge in [0, 0.05) is 23.2 Å². The summed E-state index contributed by atoms with van der Waals surface area (Å²) in [5.41, 5.74) is 1.13. The first-order valence-corrected chi connectivity index (χ1v) is 6.69. The molecule has 1 N–H and O–H groups in total. The van der Waals surface area contributed by atoms with E-state index in [0.29, 0.717) is 5.25 Å². The molecule has 1 atom stereocenters. The van der Waals surface area contributed by atoms with Crippen LogP contribution < -0.4 is 9.47 Å². The molecule has 1 unspecified atom stereocenters. The number of benzene rings is 1. The third-order valence-corrected chi connectivity index (χ3v) is 3.83. The maximum Gasteiger partial charge on any atom is 0.123 e. The van der Waals surface area contributed by atoms with Crippen LogP contribution in [0.3, 0.4) is 0 Å². The number of aliphatic hydroxyl groups is 1. The number of hydrogen-bond acceptors (Lipinski definition) is 4. The van der Waals surface area contributed by atoms with Gasteiger partial charge < -0.3 is 14.6 Å². The van der Waals surface area contributed by atoms with Gasteiger partial charge in [0.15, 0.2) is 0 Å². The second kappa shape index (κ2) is 7.45. The van der Waals surface area contributed by atoms with E-state index in [-0.39, 0.29) is 6.61 Å². The minimum Gasteiger partial charge on any atom is -0.497 e. The van der Waals surface area contributed by atoms with Crippen molar-refractivity contribution in [3.05, 3.63) is 23.8 Å². The molecule has 0 spiro atoms. The van der Waals surface area contributed by atoms with Crippen molar-refractivity contribution in [2.24, 2.45) is 0 Å². The third kappa shape index (κ3) is 4.48. The van der Waals surface area contributed by atoms with Gasteiger partial charge in [0.25, 0.3) is 0 Å². The van der Waals surface area contributed by atoms with Crippen LogP contribution in [0.5, 0.6) is 11.5 Å². The molecular formula is C13H20O3S. The van der Waals surface area contributed by atoms with E-state index < -0.39 is 0 Å². The first-order valence-electron chi connectivity index (χ1n) is 5.64. The van der Waals surface area contributed by atoms with Crippen LogP contribution >= 0.6 is 11.8 Å². The molecular weight excluding hydrogens is 236 g/mol. The van der Waals surface area contributed by atoms with Gasteiger partial charge in [-0.2, -0.15) is 11.8 Å². The number of methoxy groups -OCH3 is 2. The minimum atomic E-state index is 0.239. The molecule has 0 fully saturated rings. The zero-order valence-electron chi connectivity index (χ0n) is 10.6. The van der Waals surface area contributed by atoms with E-state index in [1.165, 1.54) is 0 Å². The summed E-state index contributed by atoms with van der Waals surface area (Å²) in [6, 6.07) is 5.81. The predicted molar refractivity (Wildman–Crippen MR) is 72.0 cm³/mol. The van der Waals surface area contributed by atoms with Crippen molar-refractivity contribution >= 4 is 11.8 Å². The van der Waals surface area contributed by atoms with E-state index in [4.69, 9.17) is 14.6 Å². The molecule has 0 aliphatic rings. The van der Waals surface area contributed by atoms with Crippen LogP contribution in [0.1, 0.15) is 18.9 Å². The molecule has 0 saturated carbocycles. The van der Waals surface area contributed by atoms with Crippen LogP contribution in [0, 0.1) is 0 Å². The highest BCUT2D eigenvalue weighted by Crippen LogP contribution is 2.29. The van der Waals surface area contributed by atoms with Gasteiger partial charge in [-0.3, -0.25) is 0 Å². The Bertz CT molecular complexity index is 341. The molecule has 0 aliphatic heterocycles. The second-order valence-corrected chi connectivity index (χ2v) is 5.24.